The number of rotatable bonds is 6. The van der Waals surface area contributed by atoms with Crippen LogP contribution in [0.5, 0.6) is 5.75 Å². The third-order valence-corrected chi connectivity index (χ3v) is 5.85. The van der Waals surface area contributed by atoms with Crippen LogP contribution in [-0.4, -0.2) is 21.9 Å². The number of aryl methyl sites for hydroxylation is 1. The van der Waals surface area contributed by atoms with Crippen LogP contribution in [0.15, 0.2) is 78.0 Å². The van der Waals surface area contributed by atoms with Crippen molar-refractivity contribution in [1.29, 1.82) is 0 Å². The minimum Gasteiger partial charge on any atom is -0.495 e. The van der Waals surface area contributed by atoms with Gasteiger partial charge in [0.2, 0.25) is 0 Å². The quantitative estimate of drug-likeness (QED) is 0.347. The Balaban J connectivity index is 1.80. The highest BCUT2D eigenvalue weighted by Crippen LogP contribution is 2.35. The number of hydrogen-bond donors (Lipinski definition) is 0. The highest BCUT2D eigenvalue weighted by atomic mass is 35.5. The summed E-state index contributed by atoms with van der Waals surface area (Å²) >= 11 is 8.11. The van der Waals surface area contributed by atoms with Crippen LogP contribution in [0.1, 0.15) is 11.1 Å². The summed E-state index contributed by atoms with van der Waals surface area (Å²) in [5.41, 5.74) is 4.19. The van der Waals surface area contributed by atoms with Gasteiger partial charge in [-0.3, -0.25) is 4.57 Å². The van der Waals surface area contributed by atoms with Crippen molar-refractivity contribution in [3.8, 4) is 22.8 Å². The maximum atomic E-state index is 6.47. The highest BCUT2D eigenvalue weighted by Gasteiger charge is 2.20. The van der Waals surface area contributed by atoms with E-state index in [0.29, 0.717) is 10.8 Å². The summed E-state index contributed by atoms with van der Waals surface area (Å²) in [6.45, 7) is 2.10. The van der Waals surface area contributed by atoms with E-state index in [1.54, 1.807) is 18.9 Å². The average molecular weight is 422 g/mol. The maximum Gasteiger partial charge on any atom is 0.196 e. The molecule has 1 heterocycles. The first-order valence-corrected chi connectivity index (χ1v) is 10.6. The van der Waals surface area contributed by atoms with Gasteiger partial charge in [-0.1, -0.05) is 77.5 Å². The van der Waals surface area contributed by atoms with Crippen LogP contribution in [-0.2, 0) is 5.75 Å². The molecular weight excluding hydrogens is 402 g/mol. The molecule has 1 aromatic heterocycles. The summed E-state index contributed by atoms with van der Waals surface area (Å²) in [6.07, 6.45) is 0. The second-order valence-electron chi connectivity index (χ2n) is 6.57. The summed E-state index contributed by atoms with van der Waals surface area (Å²) in [4.78, 5) is 0. The Morgan fingerprint density at radius 3 is 2.55 bits per heavy atom. The van der Waals surface area contributed by atoms with E-state index in [4.69, 9.17) is 16.3 Å². The molecular formula is C23H20ClN3OS. The molecule has 0 spiro atoms. The van der Waals surface area contributed by atoms with Crippen LogP contribution in [0, 0.1) is 6.92 Å². The van der Waals surface area contributed by atoms with E-state index in [0.717, 1.165) is 27.9 Å². The highest BCUT2D eigenvalue weighted by molar-refractivity contribution is 7.98. The van der Waals surface area contributed by atoms with Gasteiger partial charge in [-0.15, -0.1) is 10.2 Å². The molecule has 0 aliphatic carbocycles. The third-order valence-electron chi connectivity index (χ3n) is 4.52. The van der Waals surface area contributed by atoms with Gasteiger partial charge in [-0.05, 0) is 36.8 Å². The number of benzene rings is 3. The minimum absolute atomic E-state index is 0.631. The van der Waals surface area contributed by atoms with Gasteiger partial charge in [0.05, 0.1) is 17.8 Å². The van der Waals surface area contributed by atoms with Crippen LogP contribution in [0.3, 0.4) is 0 Å². The molecule has 0 saturated heterocycles. The van der Waals surface area contributed by atoms with Gasteiger partial charge in [-0.25, -0.2) is 0 Å². The lowest BCUT2D eigenvalue weighted by Gasteiger charge is -2.14. The van der Waals surface area contributed by atoms with Crippen molar-refractivity contribution < 1.29 is 4.74 Å². The largest absolute Gasteiger partial charge is 0.495 e. The second kappa shape index (κ2) is 8.72. The van der Waals surface area contributed by atoms with E-state index in [1.807, 2.05) is 53.1 Å². The topological polar surface area (TPSA) is 39.9 Å². The Labute approximate surface area is 179 Å². The summed E-state index contributed by atoms with van der Waals surface area (Å²) in [7, 11) is 1.66. The molecule has 0 atom stereocenters. The second-order valence-corrected chi connectivity index (χ2v) is 7.92. The monoisotopic (exact) mass is 421 g/mol. The molecule has 0 amide bonds. The van der Waals surface area contributed by atoms with Gasteiger partial charge in [0.1, 0.15) is 5.75 Å². The van der Waals surface area contributed by atoms with Crippen LogP contribution in [0.2, 0.25) is 5.02 Å². The normalized spacial score (nSPS) is 10.9. The number of para-hydroxylation sites is 2. The number of methoxy groups -OCH3 is 1. The zero-order valence-electron chi connectivity index (χ0n) is 16.2. The lowest BCUT2D eigenvalue weighted by atomic mass is 10.2. The Morgan fingerprint density at radius 2 is 1.76 bits per heavy atom. The Morgan fingerprint density at radius 1 is 0.966 bits per heavy atom. The third kappa shape index (κ3) is 4.16. The number of nitrogens with zero attached hydrogens (tertiary/aromatic N) is 3. The molecule has 0 aliphatic rings. The fraction of sp³-hybridized carbons (Fsp3) is 0.130. The van der Waals surface area contributed by atoms with E-state index >= 15 is 0 Å². The molecule has 0 saturated carbocycles. The van der Waals surface area contributed by atoms with Crippen molar-refractivity contribution in [2.45, 2.75) is 17.8 Å². The van der Waals surface area contributed by atoms with E-state index in [1.165, 1.54) is 11.1 Å². The van der Waals surface area contributed by atoms with E-state index in [-0.39, 0.29) is 0 Å². The number of ether oxygens (including phenoxy) is 1. The Bertz CT molecular complexity index is 1140. The van der Waals surface area contributed by atoms with Crippen molar-refractivity contribution in [2.75, 3.05) is 7.11 Å². The van der Waals surface area contributed by atoms with Crippen LogP contribution >= 0.6 is 23.4 Å². The number of thioether (sulfide) groups is 1. The van der Waals surface area contributed by atoms with Crippen LogP contribution in [0.25, 0.3) is 17.1 Å². The van der Waals surface area contributed by atoms with Crippen LogP contribution < -0.4 is 4.74 Å². The summed E-state index contributed by atoms with van der Waals surface area (Å²) < 4.78 is 7.62. The summed E-state index contributed by atoms with van der Waals surface area (Å²) in [6, 6.07) is 24.0. The van der Waals surface area contributed by atoms with Gasteiger partial charge >= 0.3 is 0 Å². The summed E-state index contributed by atoms with van der Waals surface area (Å²) in [5.74, 6) is 2.22. The molecule has 4 aromatic rings. The van der Waals surface area contributed by atoms with Crippen molar-refractivity contribution in [1.82, 2.24) is 14.8 Å². The number of hydrogen-bond acceptors (Lipinski definition) is 4. The Kier molecular flexibility index (Phi) is 5.88. The lowest BCUT2D eigenvalue weighted by Crippen LogP contribution is -2.02. The first kappa shape index (κ1) is 19.6. The van der Waals surface area contributed by atoms with E-state index in [9.17, 15) is 0 Å². The SMILES string of the molecule is COc1ccccc1-n1c(SCc2cccc(C)c2)nnc1-c1ccccc1Cl. The molecule has 0 radical (unpaired) electrons. The zero-order valence-corrected chi connectivity index (χ0v) is 17.7. The fourth-order valence-corrected chi connectivity index (χ4v) is 4.27. The molecule has 0 fully saturated rings. The smallest absolute Gasteiger partial charge is 0.196 e. The standard InChI is InChI=1S/C23H20ClN3OS/c1-16-8-7-9-17(14-16)15-29-23-26-25-22(18-10-3-4-11-19(18)24)27(23)20-12-5-6-13-21(20)28-2/h3-14H,15H2,1-2H3. The fourth-order valence-electron chi connectivity index (χ4n) is 3.16. The molecule has 0 bridgehead atoms. The van der Waals surface area contributed by atoms with Gasteiger partial charge in [0, 0.05) is 11.3 Å². The lowest BCUT2D eigenvalue weighted by molar-refractivity contribution is 0.412. The molecule has 0 N–H and O–H groups in total. The molecule has 3 aromatic carbocycles. The molecule has 0 aliphatic heterocycles. The van der Waals surface area contributed by atoms with Crippen molar-refractivity contribution >= 4 is 23.4 Å². The van der Waals surface area contributed by atoms with Gasteiger partial charge in [-0.2, -0.15) is 0 Å². The maximum absolute atomic E-state index is 6.47. The molecule has 29 heavy (non-hydrogen) atoms. The van der Waals surface area contributed by atoms with Gasteiger partial charge in [0.25, 0.3) is 0 Å². The zero-order chi connectivity index (χ0) is 20.2. The molecule has 6 heteroatoms. The van der Waals surface area contributed by atoms with Gasteiger partial charge in [0.15, 0.2) is 11.0 Å². The first-order valence-electron chi connectivity index (χ1n) is 9.19. The Hall–Kier alpha value is -2.76. The van der Waals surface area contributed by atoms with Crippen molar-refractivity contribution in [2.24, 2.45) is 0 Å². The summed E-state index contributed by atoms with van der Waals surface area (Å²) in [5, 5.41) is 10.4. The van der Waals surface area contributed by atoms with E-state index < -0.39 is 0 Å². The van der Waals surface area contributed by atoms with E-state index in [2.05, 4.69) is 41.4 Å². The predicted octanol–water partition coefficient (Wildman–Crippen LogP) is 6.20. The number of halogens is 1. The molecule has 0 unspecified atom stereocenters. The average Bonchev–Trinajstić information content (AvgIpc) is 3.16. The predicted molar refractivity (Wildman–Crippen MR) is 119 cm³/mol. The minimum atomic E-state index is 0.631. The van der Waals surface area contributed by atoms with Crippen molar-refractivity contribution in [3.63, 3.8) is 0 Å². The number of aromatic nitrogens is 3. The molecule has 4 nitrogen and oxygen atoms in total. The van der Waals surface area contributed by atoms with Crippen LogP contribution in [0.4, 0.5) is 0 Å². The first-order chi connectivity index (χ1) is 14.2. The van der Waals surface area contributed by atoms with Gasteiger partial charge < -0.3 is 4.74 Å². The molecule has 146 valence electrons. The van der Waals surface area contributed by atoms with Crippen molar-refractivity contribution in [3.05, 3.63) is 88.9 Å². The molecule has 4 rings (SSSR count).